The number of amides is 2. The molecule has 0 saturated carbocycles. The molecule has 0 spiro atoms. The second kappa shape index (κ2) is 5.86. The van der Waals surface area contributed by atoms with Crippen molar-refractivity contribution in [1.29, 1.82) is 0 Å². The molecule has 4 aromatic rings. The zero-order valence-electron chi connectivity index (χ0n) is 14.5. The second-order valence-corrected chi connectivity index (χ2v) is 7.56. The lowest BCUT2D eigenvalue weighted by atomic mass is 10.1. The van der Waals surface area contributed by atoms with Crippen LogP contribution < -0.4 is 4.90 Å². The SMILES string of the molecule is Cc1ccc2nc(-c3ccc(N4C(=O)c5ccccc5C4=O)cc3)sc2c1. The van der Waals surface area contributed by atoms with Gasteiger partial charge in [-0.2, -0.15) is 0 Å². The van der Waals surface area contributed by atoms with Crippen LogP contribution in [0.1, 0.15) is 26.3 Å². The van der Waals surface area contributed by atoms with E-state index in [-0.39, 0.29) is 11.8 Å². The number of benzene rings is 3. The van der Waals surface area contributed by atoms with Crippen molar-refractivity contribution < 1.29 is 9.59 Å². The highest BCUT2D eigenvalue weighted by atomic mass is 32.1. The van der Waals surface area contributed by atoms with E-state index in [4.69, 9.17) is 0 Å². The minimum absolute atomic E-state index is 0.279. The summed E-state index contributed by atoms with van der Waals surface area (Å²) in [7, 11) is 0. The lowest BCUT2D eigenvalue weighted by Crippen LogP contribution is -2.29. The number of hydrogen-bond acceptors (Lipinski definition) is 4. The number of fused-ring (bicyclic) bond motifs is 2. The van der Waals surface area contributed by atoms with E-state index < -0.39 is 0 Å². The fourth-order valence-electron chi connectivity index (χ4n) is 3.33. The molecule has 0 unspecified atom stereocenters. The van der Waals surface area contributed by atoms with E-state index in [1.54, 1.807) is 47.7 Å². The van der Waals surface area contributed by atoms with Crippen LogP contribution in [0.2, 0.25) is 0 Å². The van der Waals surface area contributed by atoms with Gasteiger partial charge in [0.05, 0.1) is 27.0 Å². The number of imide groups is 1. The molecule has 3 aromatic carbocycles. The largest absolute Gasteiger partial charge is 0.268 e. The van der Waals surface area contributed by atoms with Gasteiger partial charge in [-0.1, -0.05) is 18.2 Å². The first-order chi connectivity index (χ1) is 13.1. The van der Waals surface area contributed by atoms with Crippen LogP contribution in [-0.2, 0) is 0 Å². The van der Waals surface area contributed by atoms with Crippen LogP contribution in [0.3, 0.4) is 0 Å². The van der Waals surface area contributed by atoms with Crippen LogP contribution in [0.4, 0.5) is 5.69 Å². The van der Waals surface area contributed by atoms with E-state index >= 15 is 0 Å². The molecule has 1 aliphatic rings. The van der Waals surface area contributed by atoms with Crippen molar-refractivity contribution in [2.45, 2.75) is 6.92 Å². The first-order valence-electron chi connectivity index (χ1n) is 8.57. The zero-order valence-corrected chi connectivity index (χ0v) is 15.3. The molecule has 0 atom stereocenters. The summed E-state index contributed by atoms with van der Waals surface area (Å²) in [5.74, 6) is -0.558. The number of nitrogens with zero attached hydrogens (tertiary/aromatic N) is 2. The van der Waals surface area contributed by atoms with Crippen LogP contribution in [-0.4, -0.2) is 16.8 Å². The minimum atomic E-state index is -0.279. The summed E-state index contributed by atoms with van der Waals surface area (Å²) < 4.78 is 1.15. The van der Waals surface area contributed by atoms with Crippen LogP contribution in [0.25, 0.3) is 20.8 Å². The Labute approximate surface area is 159 Å². The van der Waals surface area contributed by atoms with Crippen LogP contribution in [0.15, 0.2) is 66.7 Å². The number of carbonyl (C=O) groups excluding carboxylic acids is 2. The number of thiazole rings is 1. The van der Waals surface area contributed by atoms with Crippen LogP contribution in [0.5, 0.6) is 0 Å². The van der Waals surface area contributed by atoms with Gasteiger partial charge in [0.2, 0.25) is 0 Å². The monoisotopic (exact) mass is 370 g/mol. The molecule has 2 amide bonds. The Morgan fingerprint density at radius 1 is 0.852 bits per heavy atom. The summed E-state index contributed by atoms with van der Waals surface area (Å²) in [6.07, 6.45) is 0. The van der Waals surface area contributed by atoms with E-state index in [1.807, 2.05) is 18.2 Å². The van der Waals surface area contributed by atoms with Gasteiger partial charge in [0.1, 0.15) is 5.01 Å². The molecular formula is C22H14N2O2S. The van der Waals surface area contributed by atoms with E-state index in [0.29, 0.717) is 16.8 Å². The van der Waals surface area contributed by atoms with Crippen LogP contribution in [0, 0.1) is 6.92 Å². The van der Waals surface area contributed by atoms with Gasteiger partial charge in [-0.05, 0) is 61.0 Å². The number of aryl methyl sites for hydroxylation is 1. The Kier molecular flexibility index (Phi) is 3.45. The van der Waals surface area contributed by atoms with Gasteiger partial charge < -0.3 is 0 Å². The molecule has 4 nitrogen and oxygen atoms in total. The van der Waals surface area contributed by atoms with E-state index in [1.165, 1.54) is 10.5 Å². The third-order valence-corrected chi connectivity index (χ3v) is 5.78. The maximum absolute atomic E-state index is 12.6. The van der Waals surface area contributed by atoms with Gasteiger partial charge in [0, 0.05) is 5.56 Å². The average Bonchev–Trinajstić information content (AvgIpc) is 3.21. The first-order valence-corrected chi connectivity index (χ1v) is 9.39. The van der Waals surface area contributed by atoms with Crippen molar-refractivity contribution in [2.24, 2.45) is 0 Å². The number of anilines is 1. The standard InChI is InChI=1S/C22H14N2O2S/c1-13-6-11-18-19(12-13)27-20(23-18)14-7-9-15(10-8-14)24-21(25)16-4-2-3-5-17(16)22(24)26/h2-12H,1H3. The fraction of sp³-hybridized carbons (Fsp3) is 0.0455. The second-order valence-electron chi connectivity index (χ2n) is 6.53. The smallest absolute Gasteiger partial charge is 0.266 e. The van der Waals surface area contributed by atoms with Crippen molar-refractivity contribution >= 4 is 39.1 Å². The van der Waals surface area contributed by atoms with Gasteiger partial charge in [-0.3, -0.25) is 9.59 Å². The molecule has 0 fully saturated rings. The van der Waals surface area contributed by atoms with Crippen molar-refractivity contribution in [3.8, 4) is 10.6 Å². The predicted molar refractivity (Wildman–Crippen MR) is 107 cm³/mol. The Balaban J connectivity index is 1.50. The van der Waals surface area contributed by atoms with E-state index in [0.717, 1.165) is 20.8 Å². The normalized spacial score (nSPS) is 13.4. The molecule has 27 heavy (non-hydrogen) atoms. The first kappa shape index (κ1) is 15.9. The summed E-state index contributed by atoms with van der Waals surface area (Å²) in [5.41, 5.74) is 4.63. The summed E-state index contributed by atoms with van der Waals surface area (Å²) in [6.45, 7) is 2.07. The average molecular weight is 370 g/mol. The summed E-state index contributed by atoms with van der Waals surface area (Å²) >= 11 is 1.63. The lowest BCUT2D eigenvalue weighted by molar-refractivity contribution is 0.0926. The molecule has 0 radical (unpaired) electrons. The number of carbonyl (C=O) groups is 2. The molecule has 0 N–H and O–H groups in total. The van der Waals surface area contributed by atoms with E-state index in [9.17, 15) is 9.59 Å². The summed E-state index contributed by atoms with van der Waals surface area (Å²) in [4.78, 5) is 31.1. The molecular weight excluding hydrogens is 356 g/mol. The number of hydrogen-bond donors (Lipinski definition) is 0. The third-order valence-electron chi connectivity index (χ3n) is 4.71. The minimum Gasteiger partial charge on any atom is -0.268 e. The molecule has 0 bridgehead atoms. The molecule has 1 aliphatic heterocycles. The van der Waals surface area contributed by atoms with Crippen molar-refractivity contribution in [3.05, 3.63) is 83.4 Å². The Hall–Kier alpha value is -3.31. The lowest BCUT2D eigenvalue weighted by Gasteiger charge is -2.14. The summed E-state index contributed by atoms with van der Waals surface area (Å²) in [6, 6.07) is 20.5. The van der Waals surface area contributed by atoms with Gasteiger partial charge in [-0.15, -0.1) is 11.3 Å². The van der Waals surface area contributed by atoms with Crippen LogP contribution >= 0.6 is 11.3 Å². The molecule has 130 valence electrons. The molecule has 0 saturated heterocycles. The van der Waals surface area contributed by atoms with Gasteiger partial charge >= 0.3 is 0 Å². The molecule has 5 heteroatoms. The van der Waals surface area contributed by atoms with Gasteiger partial charge in [0.15, 0.2) is 0 Å². The maximum atomic E-state index is 12.6. The fourth-order valence-corrected chi connectivity index (χ4v) is 4.40. The molecule has 1 aromatic heterocycles. The topological polar surface area (TPSA) is 50.3 Å². The van der Waals surface area contributed by atoms with E-state index in [2.05, 4.69) is 24.0 Å². The van der Waals surface area contributed by atoms with Gasteiger partial charge in [-0.25, -0.2) is 9.88 Å². The molecule has 2 heterocycles. The molecule has 5 rings (SSSR count). The van der Waals surface area contributed by atoms with Crippen molar-refractivity contribution in [2.75, 3.05) is 4.90 Å². The third kappa shape index (κ3) is 2.47. The highest BCUT2D eigenvalue weighted by Crippen LogP contribution is 2.33. The quantitative estimate of drug-likeness (QED) is 0.463. The zero-order chi connectivity index (χ0) is 18.5. The highest BCUT2D eigenvalue weighted by molar-refractivity contribution is 7.21. The molecule has 0 aliphatic carbocycles. The van der Waals surface area contributed by atoms with Crippen molar-refractivity contribution in [1.82, 2.24) is 4.98 Å². The maximum Gasteiger partial charge on any atom is 0.266 e. The van der Waals surface area contributed by atoms with Crippen molar-refractivity contribution in [3.63, 3.8) is 0 Å². The Morgan fingerprint density at radius 3 is 2.19 bits per heavy atom. The predicted octanol–water partition coefficient (Wildman–Crippen LogP) is 5.07. The number of aromatic nitrogens is 1. The Bertz CT molecular complexity index is 1190. The number of rotatable bonds is 2. The Morgan fingerprint density at radius 2 is 1.52 bits per heavy atom. The van der Waals surface area contributed by atoms with Gasteiger partial charge in [0.25, 0.3) is 11.8 Å². The summed E-state index contributed by atoms with van der Waals surface area (Å²) in [5, 5.41) is 0.921. The highest BCUT2D eigenvalue weighted by Gasteiger charge is 2.36.